The van der Waals surface area contributed by atoms with E-state index in [1.165, 1.54) is 112 Å². The Morgan fingerprint density at radius 3 is 1.83 bits per heavy atom. The second-order valence-electron chi connectivity index (χ2n) is 32.4. The van der Waals surface area contributed by atoms with Crippen LogP contribution in [0.2, 0.25) is 0 Å². The second-order valence-corrected chi connectivity index (χ2v) is 32.4. The van der Waals surface area contributed by atoms with Crippen LogP contribution >= 0.6 is 0 Å². The molecule has 0 saturated carbocycles. The predicted molar refractivity (Wildman–Crippen MR) is 413 cm³/mol. The van der Waals surface area contributed by atoms with Crippen molar-refractivity contribution in [3.8, 4) is 45.1 Å². The maximum absolute atomic E-state index is 12.7. The number of fused-ring (bicyclic) bond motifs is 11. The van der Waals surface area contributed by atoms with Crippen LogP contribution in [0, 0.1) is 31.8 Å². The monoisotopic (exact) mass is 1480 g/mol. The molecule has 6 nitrogen and oxygen atoms in total. The van der Waals surface area contributed by atoms with Gasteiger partial charge in [0.1, 0.15) is 5.58 Å². The molecular weight excluding hydrogens is 1390 g/mol. The molecule has 0 atom stereocenters. The molecule has 1 radical (unpaired) electrons. The van der Waals surface area contributed by atoms with Crippen molar-refractivity contribution in [2.75, 3.05) is 4.90 Å². The Hall–Kier alpha value is -9.14. The minimum atomic E-state index is -0.275. The third-order valence-electron chi connectivity index (χ3n) is 20.8. The standard InChI is InChI=1S/C77H76BN4O.C13H11FN.Ir/c1-44(2)53-21-19-22-54(45(3)4)70(53)82-65-26-18-17-25-62(65)79-73(82)57-24-20-23-56-55-34-27-46(39-68(55)83-72(56)57)47-37-66-69-67(38-47)81-63-35-30-49(75(8,9)10)40-58(63)59-41-51(77(14,15)16)43-61(71(59)81)78(69)60-42-50(76(11,12)13)31-36-64(60)80(66)52-32-28-48(29-33-52)74(5,6)7;1-9-7-13(15-8-10(9)2)11-3-5-12(14)6-4-11;/h17-23,25-45H,1-16H3;3,5-8H,1-2H3;/q2*-1;. The van der Waals surface area contributed by atoms with Gasteiger partial charge in [0, 0.05) is 82.2 Å². The van der Waals surface area contributed by atoms with E-state index in [9.17, 15) is 4.39 Å². The van der Waals surface area contributed by atoms with Crippen molar-refractivity contribution >= 4 is 94.9 Å². The van der Waals surface area contributed by atoms with Crippen molar-refractivity contribution in [3.63, 3.8) is 0 Å². The quantitative estimate of drug-likeness (QED) is 0.118. The summed E-state index contributed by atoms with van der Waals surface area (Å²) in [5.74, 6) is 1.14. The minimum Gasteiger partial charge on any atom is -0.501 e. The first-order valence-corrected chi connectivity index (χ1v) is 35.0. The maximum atomic E-state index is 12.7. The van der Waals surface area contributed by atoms with Crippen LogP contribution in [-0.4, -0.2) is 25.8 Å². The van der Waals surface area contributed by atoms with Crippen LogP contribution in [0.15, 0.2) is 193 Å². The third-order valence-corrected chi connectivity index (χ3v) is 20.8. The average Bonchev–Trinajstić information content (AvgIpc) is 1.64. The molecule has 99 heavy (non-hydrogen) atoms. The van der Waals surface area contributed by atoms with Gasteiger partial charge in [0.2, 0.25) is 0 Å². The van der Waals surface area contributed by atoms with Crippen LogP contribution in [0.25, 0.3) is 99.9 Å². The summed E-state index contributed by atoms with van der Waals surface area (Å²) in [6, 6.07) is 73.3. The molecule has 0 bridgehead atoms. The Morgan fingerprint density at radius 1 is 0.515 bits per heavy atom. The number of imidazole rings is 1. The van der Waals surface area contributed by atoms with Gasteiger partial charge in [-0.2, -0.15) is 0 Å². The van der Waals surface area contributed by atoms with Crippen LogP contribution < -0.4 is 21.3 Å². The van der Waals surface area contributed by atoms with E-state index < -0.39 is 0 Å². The van der Waals surface area contributed by atoms with Gasteiger partial charge in [-0.15, -0.1) is 48.0 Å². The third kappa shape index (κ3) is 11.5. The van der Waals surface area contributed by atoms with Gasteiger partial charge in [-0.05, 0) is 186 Å². The van der Waals surface area contributed by atoms with E-state index in [4.69, 9.17) is 9.40 Å². The zero-order valence-corrected chi connectivity index (χ0v) is 62.9. The Kier molecular flexibility index (Phi) is 16.5. The molecule has 10 aromatic carbocycles. The average molecular weight is 1480 g/mol. The number of anilines is 3. The van der Waals surface area contributed by atoms with Gasteiger partial charge in [-0.25, -0.2) is 0 Å². The molecule has 0 fully saturated rings. The molecule has 0 aliphatic carbocycles. The van der Waals surface area contributed by atoms with Crippen LogP contribution in [-0.2, 0) is 41.8 Å². The zero-order chi connectivity index (χ0) is 69.0. The number of halogens is 1. The molecule has 2 aliphatic rings. The van der Waals surface area contributed by atoms with Crippen molar-refractivity contribution < 1.29 is 28.9 Å². The van der Waals surface area contributed by atoms with Crippen molar-refractivity contribution in [2.24, 2.45) is 0 Å². The number of aromatic nitrogens is 4. The van der Waals surface area contributed by atoms with E-state index in [0.29, 0.717) is 11.8 Å². The zero-order valence-electron chi connectivity index (χ0n) is 60.5. The van der Waals surface area contributed by atoms with Gasteiger partial charge in [0.05, 0.1) is 28.0 Å². The van der Waals surface area contributed by atoms with Crippen molar-refractivity contribution in [2.45, 2.75) is 158 Å². The van der Waals surface area contributed by atoms with Crippen LogP contribution in [0.4, 0.5) is 21.5 Å². The fraction of sp³-hybridized carbons (Fsp3) is 0.267. The Morgan fingerprint density at radius 2 is 1.16 bits per heavy atom. The van der Waals surface area contributed by atoms with Crippen LogP contribution in [0.5, 0.6) is 0 Å². The van der Waals surface area contributed by atoms with Crippen LogP contribution in [0.3, 0.4) is 0 Å². The van der Waals surface area contributed by atoms with Crippen molar-refractivity contribution in [3.05, 3.63) is 251 Å². The molecule has 0 N–H and O–H groups in total. The van der Waals surface area contributed by atoms with Gasteiger partial charge in [-0.3, -0.25) is 9.37 Å². The summed E-state index contributed by atoms with van der Waals surface area (Å²) >= 11 is 0. The summed E-state index contributed by atoms with van der Waals surface area (Å²) in [5.41, 5.74) is 31.0. The van der Waals surface area contributed by atoms with Gasteiger partial charge < -0.3 is 23.4 Å². The molecule has 0 unspecified atom stereocenters. The summed E-state index contributed by atoms with van der Waals surface area (Å²) in [5, 5.41) is 4.72. The summed E-state index contributed by atoms with van der Waals surface area (Å²) in [6.07, 6.45) is 1.82. The van der Waals surface area contributed by atoms with E-state index in [2.05, 4.69) is 294 Å². The number of furan rings is 1. The molecule has 0 spiro atoms. The summed E-state index contributed by atoms with van der Waals surface area (Å²) in [4.78, 5) is 12.3. The normalized spacial score (nSPS) is 13.1. The first kappa shape index (κ1) is 67.1. The predicted octanol–water partition coefficient (Wildman–Crippen LogP) is 22.5. The minimum absolute atomic E-state index is 0. The molecule has 14 aromatic rings. The van der Waals surface area contributed by atoms with Gasteiger partial charge >= 0.3 is 0 Å². The number of pyridine rings is 1. The Balaban J connectivity index is 0.000000462. The summed E-state index contributed by atoms with van der Waals surface area (Å²) < 4.78 is 25.0. The van der Waals surface area contributed by atoms with E-state index in [1.54, 1.807) is 6.07 Å². The molecule has 9 heteroatoms. The molecule has 2 aliphatic heterocycles. The fourth-order valence-electron chi connectivity index (χ4n) is 15.1. The summed E-state index contributed by atoms with van der Waals surface area (Å²) in [6.45, 7) is 41.2. The van der Waals surface area contributed by atoms with E-state index >= 15 is 0 Å². The number of benzene rings is 10. The second kappa shape index (κ2) is 24.3. The smallest absolute Gasteiger partial charge is 0.252 e. The fourth-order valence-corrected chi connectivity index (χ4v) is 15.1. The van der Waals surface area contributed by atoms with Crippen molar-refractivity contribution in [1.82, 2.24) is 19.1 Å². The Labute approximate surface area is 597 Å². The summed E-state index contributed by atoms with van der Waals surface area (Å²) in [7, 11) is 0. The molecule has 0 saturated heterocycles. The number of aryl methyl sites for hydroxylation is 2. The number of hydrogen-bond acceptors (Lipinski definition) is 4. The number of hydrogen-bond donors (Lipinski definition) is 0. The first-order valence-electron chi connectivity index (χ1n) is 35.0. The van der Waals surface area contributed by atoms with E-state index in [-0.39, 0.29) is 54.3 Å². The SMILES string of the molecule is CC(C)c1cccc(C(C)C)c1-n1c(-c2[c-]ccc3c2oc2cc(-c4cc5c6c(c4)-n4c7ccc(C(C)(C)C)cc7c7cc(C(C)(C)C)cc(c74)B6c4cc(C(C)(C)C)ccc4N5c4ccc(C(C)(C)C)cc4)ccc23)nc2ccccc21.Cc1cnc(-c2[c-]cc(F)cc2)cc1C.[Ir]. The molecule has 499 valence electrons. The van der Waals surface area contributed by atoms with Gasteiger partial charge in [-0.1, -0.05) is 212 Å². The van der Waals surface area contributed by atoms with E-state index in [0.717, 1.165) is 78.0 Å². The molecule has 16 rings (SSSR count). The number of nitrogens with zero attached hydrogens (tertiary/aromatic N) is 5. The Bertz CT molecular complexity index is 5520. The molecule has 6 heterocycles. The number of para-hydroxylation sites is 3. The van der Waals surface area contributed by atoms with E-state index in [1.807, 2.05) is 32.2 Å². The first-order chi connectivity index (χ1) is 46.5. The topological polar surface area (TPSA) is 52.0 Å². The molecular formula is C90H87BFIrN5O-2. The molecule has 0 amide bonds. The number of rotatable bonds is 7. The van der Waals surface area contributed by atoms with Gasteiger partial charge in [0.25, 0.3) is 6.71 Å². The largest absolute Gasteiger partial charge is 0.501 e. The van der Waals surface area contributed by atoms with Gasteiger partial charge in [0.15, 0.2) is 0 Å². The van der Waals surface area contributed by atoms with Crippen LogP contribution in [0.1, 0.15) is 167 Å². The van der Waals surface area contributed by atoms with Crippen molar-refractivity contribution in [1.29, 1.82) is 0 Å². The maximum Gasteiger partial charge on any atom is 0.252 e. The molecule has 4 aromatic heterocycles.